The minimum Gasteiger partial charge on any atom is -0.405 e. The molecule has 0 unspecified atom stereocenters. The van der Waals surface area contributed by atoms with E-state index in [1.54, 1.807) is 0 Å². The monoisotopic (exact) mass is 449 g/mol. The van der Waals surface area contributed by atoms with Gasteiger partial charge in [-0.1, -0.05) is 15.9 Å². The highest BCUT2D eigenvalue weighted by Crippen LogP contribution is 2.41. The molecule has 0 aliphatic carbocycles. The number of nitrogens with zero attached hydrogens (tertiary/aromatic N) is 1. The van der Waals surface area contributed by atoms with Gasteiger partial charge in [-0.15, -0.1) is 13.2 Å². The van der Waals surface area contributed by atoms with Crippen molar-refractivity contribution in [3.63, 3.8) is 0 Å². The zero-order chi connectivity index (χ0) is 14.1. The van der Waals surface area contributed by atoms with Gasteiger partial charge in [0.05, 0.1) is 5.69 Å². The Labute approximate surface area is 119 Å². The SMILES string of the molecule is FC(F)(F)Oc1cc(CBr)nc(I)c1C(F)(F)F. The molecule has 0 saturated heterocycles. The van der Waals surface area contributed by atoms with E-state index in [2.05, 4.69) is 25.7 Å². The fourth-order valence-corrected chi connectivity index (χ4v) is 2.24. The Bertz CT molecular complexity index is 446. The van der Waals surface area contributed by atoms with Crippen molar-refractivity contribution in [3.8, 4) is 5.75 Å². The number of rotatable bonds is 2. The van der Waals surface area contributed by atoms with Gasteiger partial charge in [0.1, 0.15) is 15.0 Å². The van der Waals surface area contributed by atoms with Crippen LogP contribution in [0.15, 0.2) is 6.07 Å². The lowest BCUT2D eigenvalue weighted by molar-refractivity contribution is -0.276. The molecule has 10 heteroatoms. The largest absolute Gasteiger partial charge is 0.573 e. The van der Waals surface area contributed by atoms with Crippen molar-refractivity contribution in [2.45, 2.75) is 17.9 Å². The maximum Gasteiger partial charge on any atom is 0.573 e. The molecule has 0 aliphatic heterocycles. The second kappa shape index (κ2) is 5.39. The molecule has 1 aromatic heterocycles. The molecule has 0 atom stereocenters. The quantitative estimate of drug-likeness (QED) is 0.287. The lowest BCUT2D eigenvalue weighted by Crippen LogP contribution is -2.21. The Morgan fingerprint density at radius 3 is 2.17 bits per heavy atom. The summed E-state index contributed by atoms with van der Waals surface area (Å²) in [6.07, 6.45) is -10.2. The molecule has 0 amide bonds. The van der Waals surface area contributed by atoms with Crippen LogP contribution in [0.3, 0.4) is 0 Å². The third-order valence-corrected chi connectivity index (χ3v) is 2.99. The normalized spacial score (nSPS) is 12.7. The number of ether oxygens (including phenoxy) is 1. The first kappa shape index (κ1) is 15.8. The first-order valence-electron chi connectivity index (χ1n) is 4.13. The zero-order valence-corrected chi connectivity index (χ0v) is 11.9. The van der Waals surface area contributed by atoms with Crippen LogP contribution in [-0.2, 0) is 11.5 Å². The second-order valence-electron chi connectivity index (χ2n) is 2.96. The molecular formula is C8H3BrF6INO. The van der Waals surface area contributed by atoms with Crippen LogP contribution in [0.4, 0.5) is 26.3 Å². The van der Waals surface area contributed by atoms with Gasteiger partial charge in [0.15, 0.2) is 0 Å². The van der Waals surface area contributed by atoms with Gasteiger partial charge in [0.2, 0.25) is 0 Å². The van der Waals surface area contributed by atoms with E-state index in [0.717, 1.165) is 0 Å². The zero-order valence-electron chi connectivity index (χ0n) is 8.16. The van der Waals surface area contributed by atoms with Crippen LogP contribution in [0.2, 0.25) is 0 Å². The van der Waals surface area contributed by atoms with Crippen molar-refractivity contribution in [2.75, 3.05) is 0 Å². The molecule has 0 bridgehead atoms. The second-order valence-corrected chi connectivity index (χ2v) is 4.54. The maximum atomic E-state index is 12.6. The lowest BCUT2D eigenvalue weighted by Gasteiger charge is -2.17. The summed E-state index contributed by atoms with van der Waals surface area (Å²) in [5, 5.41) is 0.00928. The van der Waals surface area contributed by atoms with Crippen LogP contribution in [-0.4, -0.2) is 11.3 Å². The van der Waals surface area contributed by atoms with Crippen molar-refractivity contribution in [3.05, 3.63) is 21.0 Å². The number of hydrogen-bond acceptors (Lipinski definition) is 2. The van der Waals surface area contributed by atoms with Crippen LogP contribution in [0, 0.1) is 3.70 Å². The summed E-state index contributed by atoms with van der Waals surface area (Å²) in [5.41, 5.74) is -1.53. The standard InChI is InChI=1S/C8H3BrF6INO/c9-2-3-1-4(18-8(13,14)15)5(6(16)17-3)7(10,11)12/h1H,2H2. The molecule has 1 rings (SSSR count). The number of hydrogen-bond donors (Lipinski definition) is 0. The molecule has 0 N–H and O–H groups in total. The molecule has 18 heavy (non-hydrogen) atoms. The third kappa shape index (κ3) is 4.14. The summed E-state index contributed by atoms with van der Waals surface area (Å²) in [4.78, 5) is 3.52. The molecule has 0 fully saturated rings. The van der Waals surface area contributed by atoms with Crippen molar-refractivity contribution in [1.29, 1.82) is 0 Å². The third-order valence-electron chi connectivity index (χ3n) is 1.64. The number of aromatic nitrogens is 1. The van der Waals surface area contributed by atoms with E-state index < -0.39 is 27.6 Å². The predicted octanol–water partition coefficient (Wildman–Crippen LogP) is 4.50. The smallest absolute Gasteiger partial charge is 0.405 e. The molecule has 1 heterocycles. The van der Waals surface area contributed by atoms with Gasteiger partial charge in [-0.25, -0.2) is 4.98 Å². The minimum absolute atomic E-state index is 0.00616. The molecule has 0 spiro atoms. The molecule has 0 aliphatic rings. The molecule has 0 saturated carbocycles. The summed E-state index contributed by atoms with van der Waals surface area (Å²) >= 11 is 4.11. The number of halogens is 8. The molecule has 2 nitrogen and oxygen atoms in total. The Hall–Kier alpha value is -0.260. The number of alkyl halides is 7. The molecule has 0 aromatic carbocycles. The van der Waals surface area contributed by atoms with E-state index in [-0.39, 0.29) is 11.0 Å². The summed E-state index contributed by atoms with van der Waals surface area (Å²) in [7, 11) is 0. The van der Waals surface area contributed by atoms with E-state index in [1.807, 2.05) is 0 Å². The number of pyridine rings is 1. The van der Waals surface area contributed by atoms with Gasteiger partial charge in [-0.2, -0.15) is 13.2 Å². The summed E-state index contributed by atoms with van der Waals surface area (Å²) in [6.45, 7) is 0. The Kier molecular flexibility index (Phi) is 4.73. The first-order chi connectivity index (χ1) is 8.04. The molecule has 1 aromatic rings. The Morgan fingerprint density at radius 2 is 1.78 bits per heavy atom. The summed E-state index contributed by atoms with van der Waals surface area (Å²) in [5.74, 6) is -1.30. The van der Waals surface area contributed by atoms with Gasteiger partial charge in [-0.3, -0.25) is 0 Å². The Balaban J connectivity index is 3.39. The fourth-order valence-electron chi connectivity index (χ4n) is 1.07. The average Bonchev–Trinajstić information content (AvgIpc) is 2.11. The average molecular weight is 450 g/mol. The fraction of sp³-hybridized carbons (Fsp3) is 0.375. The van der Waals surface area contributed by atoms with Crippen molar-refractivity contribution < 1.29 is 31.1 Å². The van der Waals surface area contributed by atoms with E-state index in [9.17, 15) is 26.3 Å². The Morgan fingerprint density at radius 1 is 1.22 bits per heavy atom. The van der Waals surface area contributed by atoms with Crippen molar-refractivity contribution in [1.82, 2.24) is 4.98 Å². The maximum absolute atomic E-state index is 12.6. The highest BCUT2D eigenvalue weighted by Gasteiger charge is 2.41. The van der Waals surface area contributed by atoms with Gasteiger partial charge in [0, 0.05) is 11.4 Å². The van der Waals surface area contributed by atoms with Gasteiger partial charge in [0.25, 0.3) is 0 Å². The van der Waals surface area contributed by atoms with Crippen LogP contribution in [0.25, 0.3) is 0 Å². The van der Waals surface area contributed by atoms with E-state index in [4.69, 9.17) is 0 Å². The first-order valence-corrected chi connectivity index (χ1v) is 6.33. The van der Waals surface area contributed by atoms with Crippen molar-refractivity contribution in [2.24, 2.45) is 0 Å². The van der Waals surface area contributed by atoms with Gasteiger partial charge < -0.3 is 4.74 Å². The van der Waals surface area contributed by atoms with Gasteiger partial charge >= 0.3 is 12.5 Å². The van der Waals surface area contributed by atoms with Crippen molar-refractivity contribution >= 4 is 38.5 Å². The molecular weight excluding hydrogens is 447 g/mol. The molecule has 0 radical (unpaired) electrons. The topological polar surface area (TPSA) is 22.1 Å². The highest BCUT2D eigenvalue weighted by atomic mass is 127. The van der Waals surface area contributed by atoms with Crippen LogP contribution < -0.4 is 4.74 Å². The highest BCUT2D eigenvalue weighted by molar-refractivity contribution is 14.1. The van der Waals surface area contributed by atoms with E-state index in [1.165, 1.54) is 22.6 Å². The summed E-state index contributed by atoms with van der Waals surface area (Å²) in [6, 6.07) is 0.604. The minimum atomic E-state index is -5.20. The lowest BCUT2D eigenvalue weighted by atomic mass is 10.2. The van der Waals surface area contributed by atoms with E-state index >= 15 is 0 Å². The van der Waals surface area contributed by atoms with Gasteiger partial charge in [-0.05, 0) is 22.6 Å². The van der Waals surface area contributed by atoms with Crippen LogP contribution in [0.5, 0.6) is 5.75 Å². The van der Waals surface area contributed by atoms with E-state index in [0.29, 0.717) is 6.07 Å². The summed E-state index contributed by atoms with van der Waals surface area (Å²) < 4.78 is 76.8. The predicted molar refractivity (Wildman–Crippen MR) is 61.3 cm³/mol. The van der Waals surface area contributed by atoms with Crippen LogP contribution >= 0.6 is 38.5 Å². The van der Waals surface area contributed by atoms with Crippen LogP contribution in [0.1, 0.15) is 11.3 Å². The molecule has 102 valence electrons.